The summed E-state index contributed by atoms with van der Waals surface area (Å²) >= 11 is 0. The number of nitrogens with zero attached hydrogens (tertiary/aromatic N) is 1. The Labute approximate surface area is 146 Å². The number of hydrogen-bond acceptors (Lipinski definition) is 6. The van der Waals surface area contributed by atoms with E-state index in [4.69, 9.17) is 13.5 Å². The first-order valence-corrected chi connectivity index (χ1v) is 10.1. The molecule has 2 aliphatic carbocycles. The molecule has 1 aromatic rings. The van der Waals surface area contributed by atoms with Crippen molar-refractivity contribution in [1.29, 1.82) is 0 Å². The predicted molar refractivity (Wildman–Crippen MR) is 88.2 cm³/mol. The van der Waals surface area contributed by atoms with Gasteiger partial charge in [0.15, 0.2) is 11.5 Å². The second-order valence-corrected chi connectivity index (χ2v) is 8.79. The number of rotatable bonds is 2. The van der Waals surface area contributed by atoms with Crippen LogP contribution in [-0.2, 0) is 22.2 Å². The van der Waals surface area contributed by atoms with Crippen molar-refractivity contribution in [2.24, 2.45) is 5.92 Å². The molecule has 2 N–H and O–H groups in total. The van der Waals surface area contributed by atoms with E-state index in [0.29, 0.717) is 24.1 Å². The molecule has 0 aromatic heterocycles. The maximum Gasteiger partial charge on any atom is 0.446 e. The Morgan fingerprint density at radius 3 is 2.92 bits per heavy atom. The number of aliphatic hydroxyl groups is 1. The fraction of sp³-hybridized carbons (Fsp3) is 0.647. The molecular formula is C17H21NO6S. The van der Waals surface area contributed by atoms with Crippen molar-refractivity contribution in [3.8, 4) is 11.5 Å². The quantitative estimate of drug-likeness (QED) is 0.750. The van der Waals surface area contributed by atoms with E-state index in [1.54, 1.807) is 6.07 Å². The van der Waals surface area contributed by atoms with Gasteiger partial charge in [0.25, 0.3) is 0 Å². The summed E-state index contributed by atoms with van der Waals surface area (Å²) in [5.74, 6) is 0.761. The summed E-state index contributed by atoms with van der Waals surface area (Å²) in [6.07, 6.45) is 2.38. The molecule has 7 nitrogen and oxygen atoms in total. The van der Waals surface area contributed by atoms with Gasteiger partial charge in [0.1, 0.15) is 6.10 Å². The standard InChI is InChI=1S/C17H21NO6S/c1-18-7-6-17-10-3-4-12(19)16(17)23-15-13(24-25(20,21)22)5-2-9(14(15)17)8-11(10)18/h2,5,10-12,16,19H,3-4,6-8H2,1H3,(H,20,21,22)/t10-,11+,12-,16-,17-/m0/s1. The van der Waals surface area contributed by atoms with Gasteiger partial charge in [-0.3, -0.25) is 4.55 Å². The van der Waals surface area contributed by atoms with Crippen molar-refractivity contribution in [3.63, 3.8) is 0 Å². The summed E-state index contributed by atoms with van der Waals surface area (Å²) in [4.78, 5) is 2.40. The first kappa shape index (κ1) is 15.9. The van der Waals surface area contributed by atoms with E-state index in [0.717, 1.165) is 36.9 Å². The van der Waals surface area contributed by atoms with Crippen LogP contribution in [0.2, 0.25) is 0 Å². The lowest BCUT2D eigenvalue weighted by molar-refractivity contribution is -0.0992. The first-order valence-electron chi connectivity index (χ1n) is 8.69. The van der Waals surface area contributed by atoms with Gasteiger partial charge in [-0.15, -0.1) is 0 Å². The number of likely N-dealkylation sites (tertiary alicyclic amines) is 1. The summed E-state index contributed by atoms with van der Waals surface area (Å²) in [5, 5.41) is 10.6. The van der Waals surface area contributed by atoms with Gasteiger partial charge >= 0.3 is 10.4 Å². The van der Waals surface area contributed by atoms with E-state index in [9.17, 15) is 13.5 Å². The predicted octanol–water partition coefficient (Wildman–Crippen LogP) is 0.898. The smallest absolute Gasteiger partial charge is 0.446 e. The van der Waals surface area contributed by atoms with Crippen LogP contribution in [0.15, 0.2) is 12.1 Å². The van der Waals surface area contributed by atoms with Crippen LogP contribution < -0.4 is 8.92 Å². The summed E-state index contributed by atoms with van der Waals surface area (Å²) < 4.78 is 42.4. The number of aliphatic hydroxyl groups excluding tert-OH is 1. The Bertz CT molecular complexity index is 855. The van der Waals surface area contributed by atoms with Gasteiger partial charge in [-0.05, 0) is 56.8 Å². The molecule has 5 atom stereocenters. The fourth-order valence-electron chi connectivity index (χ4n) is 5.88. The van der Waals surface area contributed by atoms with Crippen LogP contribution in [-0.4, -0.2) is 54.8 Å². The zero-order valence-corrected chi connectivity index (χ0v) is 14.7. The molecule has 1 spiro atoms. The summed E-state index contributed by atoms with van der Waals surface area (Å²) in [6.45, 7) is 0.913. The third kappa shape index (κ3) is 1.99. The molecule has 0 unspecified atom stereocenters. The highest BCUT2D eigenvalue weighted by molar-refractivity contribution is 7.81. The topological polar surface area (TPSA) is 96.3 Å². The van der Waals surface area contributed by atoms with Gasteiger partial charge < -0.3 is 18.9 Å². The van der Waals surface area contributed by atoms with Crippen molar-refractivity contribution in [3.05, 3.63) is 23.3 Å². The van der Waals surface area contributed by atoms with Gasteiger partial charge in [0.2, 0.25) is 0 Å². The molecule has 5 rings (SSSR count). The lowest BCUT2D eigenvalue weighted by atomic mass is 9.51. The lowest BCUT2D eigenvalue weighted by Crippen LogP contribution is -2.66. The molecule has 0 radical (unpaired) electrons. The maximum atomic E-state index is 11.2. The second-order valence-electron chi connectivity index (χ2n) is 7.77. The third-order valence-corrected chi connectivity index (χ3v) is 7.13. The zero-order valence-electron chi connectivity index (χ0n) is 13.9. The minimum atomic E-state index is -4.64. The van der Waals surface area contributed by atoms with Crippen LogP contribution in [0.1, 0.15) is 30.4 Å². The van der Waals surface area contributed by atoms with E-state index in [2.05, 4.69) is 11.9 Å². The van der Waals surface area contributed by atoms with Crippen molar-refractivity contribution in [2.75, 3.05) is 13.6 Å². The van der Waals surface area contributed by atoms with E-state index >= 15 is 0 Å². The number of ether oxygens (including phenoxy) is 1. The molecule has 25 heavy (non-hydrogen) atoms. The average molecular weight is 367 g/mol. The lowest BCUT2D eigenvalue weighted by Gasteiger charge is -2.58. The molecule has 2 bridgehead atoms. The molecule has 1 saturated carbocycles. The highest BCUT2D eigenvalue weighted by atomic mass is 32.3. The Hall–Kier alpha value is -1.35. The van der Waals surface area contributed by atoms with E-state index in [1.807, 2.05) is 6.07 Å². The van der Waals surface area contributed by atoms with Gasteiger partial charge in [-0.25, -0.2) is 0 Å². The Morgan fingerprint density at radius 1 is 1.36 bits per heavy atom. The number of benzene rings is 1. The highest BCUT2D eigenvalue weighted by Gasteiger charge is 2.65. The van der Waals surface area contributed by atoms with E-state index in [-0.39, 0.29) is 17.3 Å². The van der Waals surface area contributed by atoms with Crippen molar-refractivity contribution in [2.45, 2.75) is 49.3 Å². The molecular weight excluding hydrogens is 346 g/mol. The minimum absolute atomic E-state index is 0.00773. The number of hydrogen-bond donors (Lipinski definition) is 2. The highest BCUT2D eigenvalue weighted by Crippen LogP contribution is 2.63. The van der Waals surface area contributed by atoms with Gasteiger partial charge in [-0.1, -0.05) is 6.07 Å². The molecule has 136 valence electrons. The SMILES string of the molecule is CN1CC[C@]23c4c5ccc(OS(=O)(=O)O)c4O[C@H]2[C@@H](O)CC[C@H]3[C@H]1C5. The zero-order chi connectivity index (χ0) is 17.6. The van der Waals surface area contributed by atoms with E-state index in [1.165, 1.54) is 0 Å². The fourth-order valence-corrected chi connectivity index (χ4v) is 6.24. The first-order chi connectivity index (χ1) is 11.8. The normalized spacial score (nSPS) is 38.8. The summed E-state index contributed by atoms with van der Waals surface area (Å²) in [7, 11) is -2.49. The summed E-state index contributed by atoms with van der Waals surface area (Å²) in [5.41, 5.74) is 1.82. The van der Waals surface area contributed by atoms with Crippen LogP contribution in [0.5, 0.6) is 11.5 Å². The number of piperidine rings is 1. The average Bonchev–Trinajstić information content (AvgIpc) is 2.88. The molecule has 2 aliphatic heterocycles. The number of likely N-dealkylation sites (N-methyl/N-ethyl adjacent to an activating group) is 1. The van der Waals surface area contributed by atoms with Crippen LogP contribution in [0.3, 0.4) is 0 Å². The molecule has 1 saturated heterocycles. The van der Waals surface area contributed by atoms with Crippen LogP contribution >= 0.6 is 0 Å². The molecule has 2 fully saturated rings. The van der Waals surface area contributed by atoms with Gasteiger partial charge in [0, 0.05) is 17.0 Å². The molecule has 8 heteroatoms. The summed E-state index contributed by atoms with van der Waals surface area (Å²) in [6, 6.07) is 3.81. The Balaban J connectivity index is 1.74. The van der Waals surface area contributed by atoms with Gasteiger partial charge in [-0.2, -0.15) is 8.42 Å². The van der Waals surface area contributed by atoms with Crippen LogP contribution in [0.25, 0.3) is 0 Å². The molecule has 0 amide bonds. The van der Waals surface area contributed by atoms with Gasteiger partial charge in [0.05, 0.1) is 6.10 Å². The largest absolute Gasteiger partial charge is 0.482 e. The van der Waals surface area contributed by atoms with E-state index < -0.39 is 16.5 Å². The molecule has 4 aliphatic rings. The molecule has 1 aromatic carbocycles. The van der Waals surface area contributed by atoms with Crippen LogP contribution in [0.4, 0.5) is 0 Å². The molecule has 2 heterocycles. The van der Waals surface area contributed by atoms with Crippen molar-refractivity contribution >= 4 is 10.4 Å². The monoisotopic (exact) mass is 367 g/mol. The van der Waals surface area contributed by atoms with Crippen molar-refractivity contribution < 1.29 is 27.0 Å². The minimum Gasteiger partial charge on any atom is -0.482 e. The van der Waals surface area contributed by atoms with Crippen molar-refractivity contribution in [1.82, 2.24) is 4.90 Å². The second kappa shape index (κ2) is 4.88. The maximum absolute atomic E-state index is 11.2. The third-order valence-electron chi connectivity index (χ3n) is 6.74. The Kier molecular flexibility index (Phi) is 3.10. The Morgan fingerprint density at radius 2 is 2.16 bits per heavy atom. The van der Waals surface area contributed by atoms with Crippen LogP contribution in [0, 0.1) is 5.92 Å².